The summed E-state index contributed by atoms with van der Waals surface area (Å²) in [4.78, 5) is 104. The first kappa shape index (κ1) is 83.4. The van der Waals surface area contributed by atoms with Gasteiger partial charge in [0.15, 0.2) is 52.5 Å². The van der Waals surface area contributed by atoms with Crippen LogP contribution < -0.4 is 29.9 Å². The molecule has 4 fully saturated rings. The van der Waals surface area contributed by atoms with Gasteiger partial charge in [0.25, 0.3) is 0 Å². The minimum Gasteiger partial charge on any atom is -0.462 e. The Kier molecular flexibility index (Phi) is 29.9. The number of esters is 3. The summed E-state index contributed by atoms with van der Waals surface area (Å²) in [6.07, 6.45) is -0.513. The van der Waals surface area contributed by atoms with E-state index in [4.69, 9.17) is 67.5 Å². The third kappa shape index (κ3) is 22.9. The molecule has 32 nitrogen and oxygen atoms in total. The molecule has 2 saturated carbocycles. The van der Waals surface area contributed by atoms with E-state index in [0.717, 1.165) is 51.4 Å². The zero-order valence-corrected chi connectivity index (χ0v) is 64.7. The number of amides is 2. The second kappa shape index (κ2) is 37.6. The molecule has 2 aromatic carbocycles. The molecule has 7 N–H and O–H groups in total. The van der Waals surface area contributed by atoms with Crippen molar-refractivity contribution >= 4 is 119 Å². The zero-order chi connectivity index (χ0) is 76.8. The zero-order valence-electron chi connectivity index (χ0n) is 60.6. The number of imidazole rings is 2. The number of anilines is 2. The molecule has 37 heteroatoms. The van der Waals surface area contributed by atoms with Crippen molar-refractivity contribution in [2.75, 3.05) is 50.1 Å². The first-order chi connectivity index (χ1) is 49.6. The van der Waals surface area contributed by atoms with Gasteiger partial charge in [-0.05, 0) is 126 Å². The van der Waals surface area contributed by atoms with Crippen LogP contribution in [-0.2, 0) is 61.6 Å². The number of carbonyl (C=O) groups is 6. The number of aliphatic hydroxyl groups is 3. The molecule has 2 aliphatic heterocycles. The molecule has 4 aromatic heterocycles. The van der Waals surface area contributed by atoms with Crippen LogP contribution in [0.15, 0.2) is 73.3 Å². The Morgan fingerprint density at radius 3 is 1.32 bits per heavy atom. The first-order valence-corrected chi connectivity index (χ1v) is 39.6. The van der Waals surface area contributed by atoms with Gasteiger partial charge in [-0.3, -0.25) is 47.0 Å². The van der Waals surface area contributed by atoms with E-state index >= 15 is 0 Å². The number of hydrogen-bond donors (Lipinski definition) is 7. The van der Waals surface area contributed by atoms with Gasteiger partial charge >= 0.3 is 32.9 Å². The summed E-state index contributed by atoms with van der Waals surface area (Å²) in [6, 6.07) is 14.9. The molecule has 2 saturated heterocycles. The van der Waals surface area contributed by atoms with Crippen molar-refractivity contribution in [1.82, 2.24) is 59.0 Å². The number of nitrogens with zero attached hydrogens (tertiary/aromatic N) is 10. The Balaban J connectivity index is 0.000000247. The molecule has 2 amide bonds. The lowest BCUT2D eigenvalue weighted by Crippen LogP contribution is -2.45. The van der Waals surface area contributed by atoms with Crippen LogP contribution in [0.25, 0.3) is 22.3 Å². The Morgan fingerprint density at radius 2 is 0.943 bits per heavy atom. The molecule has 10 rings (SSSR count). The van der Waals surface area contributed by atoms with E-state index in [1.165, 1.54) is 59.5 Å². The number of benzene rings is 2. The summed E-state index contributed by atoms with van der Waals surface area (Å²) in [6.45, 7) is 16.2. The fourth-order valence-electron chi connectivity index (χ4n) is 11.7. The number of ether oxygens (including phenoxy) is 5. The molecule has 105 heavy (non-hydrogen) atoms. The van der Waals surface area contributed by atoms with Gasteiger partial charge in [-0.15, -0.1) is 0 Å². The van der Waals surface area contributed by atoms with Crippen LogP contribution in [0.3, 0.4) is 0 Å². The van der Waals surface area contributed by atoms with E-state index in [0.29, 0.717) is 34.0 Å². The SMILES string of the molecule is CC(C)C(=O)Cl.CC(C)OC(=O)[C@H](C)NP(=O)(CC(=O)N(C)C[C@H]1O[C@@H](n2cnc3c(NC4CCCC4)nc(Cl)nc32)[C@H](O)[C@@H]1O)Oc1ccccc1.CC(C)OC(=O)[C@H](C)NP(=O)(CC(=O)N(C)C[C@H]1O[C@@H](n2cnc3c(NC4CCCC4)nc(Cl)nc32)[C@H](O)[C@@H]1OC(=O)C(C)C)Oc1ccccc1. The highest BCUT2D eigenvalue weighted by Gasteiger charge is 2.50. The molecule has 6 aromatic rings. The average Bonchev–Trinajstić information content (AvgIpc) is 1.63. The fraction of sp³-hybridized carbons (Fsp3) is 0.588. The minimum atomic E-state index is -4.07. The van der Waals surface area contributed by atoms with Gasteiger partial charge in [0.2, 0.25) is 27.6 Å². The number of rotatable bonds is 29. The lowest BCUT2D eigenvalue weighted by Gasteiger charge is -2.28. The highest BCUT2D eigenvalue weighted by Crippen LogP contribution is 2.46. The van der Waals surface area contributed by atoms with E-state index in [9.17, 15) is 53.2 Å². The van der Waals surface area contributed by atoms with Crippen molar-refractivity contribution < 1.29 is 85.9 Å². The summed E-state index contributed by atoms with van der Waals surface area (Å²) in [5.41, 5.74) is 1.46. The van der Waals surface area contributed by atoms with Crippen LogP contribution in [0.5, 0.6) is 11.5 Å². The molecule has 12 atom stereocenters. The van der Waals surface area contributed by atoms with Crippen molar-refractivity contribution in [1.29, 1.82) is 0 Å². The van der Waals surface area contributed by atoms with E-state index in [-0.39, 0.29) is 58.4 Å². The predicted octanol–water partition coefficient (Wildman–Crippen LogP) is 8.84. The molecule has 576 valence electrons. The monoisotopic (exact) mass is 1560 g/mol. The Hall–Kier alpha value is -7.19. The summed E-state index contributed by atoms with van der Waals surface area (Å²) in [5.74, 6) is -2.30. The van der Waals surface area contributed by atoms with Crippen molar-refractivity contribution in [3.63, 3.8) is 0 Å². The van der Waals surface area contributed by atoms with E-state index in [2.05, 4.69) is 50.7 Å². The van der Waals surface area contributed by atoms with Crippen LogP contribution in [-0.4, -0.2) is 212 Å². The van der Waals surface area contributed by atoms with E-state index in [1.807, 2.05) is 0 Å². The number of aliphatic hydroxyl groups excluding tert-OH is 3. The predicted molar refractivity (Wildman–Crippen MR) is 391 cm³/mol. The van der Waals surface area contributed by atoms with Crippen molar-refractivity contribution in [2.24, 2.45) is 11.8 Å². The summed E-state index contributed by atoms with van der Waals surface area (Å²) in [5, 5.41) is 45.4. The topological polar surface area (TPSA) is 404 Å². The van der Waals surface area contributed by atoms with Gasteiger partial charge in [-0.2, -0.15) is 19.9 Å². The maximum atomic E-state index is 14.2. The molecule has 2 aliphatic carbocycles. The normalized spacial score (nSPS) is 22.1. The first-order valence-electron chi connectivity index (χ1n) is 34.8. The van der Waals surface area contributed by atoms with Crippen LogP contribution in [0.2, 0.25) is 10.6 Å². The van der Waals surface area contributed by atoms with Gasteiger partial charge in [-0.1, -0.05) is 89.8 Å². The summed E-state index contributed by atoms with van der Waals surface area (Å²) < 4.78 is 71.3. The van der Waals surface area contributed by atoms with E-state index < -0.39 is 136 Å². The third-order valence-corrected chi connectivity index (χ3v) is 21.9. The van der Waals surface area contributed by atoms with Crippen LogP contribution >= 0.6 is 49.8 Å². The molecule has 0 spiro atoms. The number of carbonyl (C=O) groups excluding carboxylic acids is 6. The Labute approximate surface area is 624 Å². The van der Waals surface area contributed by atoms with Crippen LogP contribution in [0.4, 0.5) is 11.6 Å². The molecule has 6 heterocycles. The van der Waals surface area contributed by atoms with Crippen molar-refractivity contribution in [3.05, 3.63) is 83.9 Å². The summed E-state index contributed by atoms with van der Waals surface area (Å²) >= 11 is 17.6. The largest absolute Gasteiger partial charge is 0.462 e. The third-order valence-electron chi connectivity index (χ3n) is 17.2. The molecule has 0 bridgehead atoms. The maximum absolute atomic E-state index is 14.2. The highest BCUT2D eigenvalue weighted by molar-refractivity contribution is 7.58. The summed E-state index contributed by atoms with van der Waals surface area (Å²) in [7, 11) is -5.19. The maximum Gasteiger partial charge on any atom is 0.326 e. The van der Waals surface area contributed by atoms with Crippen molar-refractivity contribution in [2.45, 2.75) is 206 Å². The van der Waals surface area contributed by atoms with Crippen LogP contribution in [0, 0.1) is 11.8 Å². The number of para-hydroxylation sites is 2. The number of likely N-dealkylation sites (N-methyl/N-ethyl adjacent to an activating group) is 2. The Bertz CT molecular complexity index is 4040. The number of hydrogen-bond acceptors (Lipinski definition) is 26. The van der Waals surface area contributed by atoms with Crippen molar-refractivity contribution in [3.8, 4) is 11.5 Å². The average molecular weight is 1560 g/mol. The van der Waals surface area contributed by atoms with Gasteiger partial charge in [-0.25, -0.2) is 20.1 Å². The van der Waals surface area contributed by atoms with Crippen LogP contribution in [0.1, 0.15) is 133 Å². The number of halogens is 3. The second-order valence-electron chi connectivity index (χ2n) is 27.4. The number of aromatic nitrogens is 8. The highest BCUT2D eigenvalue weighted by atomic mass is 35.5. The van der Waals surface area contributed by atoms with Gasteiger partial charge in [0.1, 0.15) is 66.4 Å². The molecule has 2 unspecified atom stereocenters. The Morgan fingerprint density at radius 1 is 0.562 bits per heavy atom. The van der Waals surface area contributed by atoms with E-state index in [1.54, 1.807) is 116 Å². The second-order valence-corrected chi connectivity index (χ2v) is 32.6. The van der Waals surface area contributed by atoms with Gasteiger partial charge in [0.05, 0.1) is 37.3 Å². The molecule has 0 radical (unpaired) electrons. The smallest absolute Gasteiger partial charge is 0.326 e. The lowest BCUT2D eigenvalue weighted by molar-refractivity contribution is -0.160. The quantitative estimate of drug-likeness (QED) is 0.00757. The minimum absolute atomic E-state index is 0.0165. The number of nitrogens with one attached hydrogen (secondary N) is 4. The molecule has 4 aliphatic rings. The standard InChI is InChI=1S/C34H47ClN7O9P.C30H41ClN7O8P.C4H7ClO/c1-19(2)32(45)50-28-24(49-31(27(28)44)42-18-36-26-29(37-22-12-10-11-13-22)38-34(35)39-30(26)42)16-41(6)25(43)17-52(47,51-23-14-8-7-9-15-23)40-21(5)33(46)48-20(3)4;1-17(2)44-29(42)18(3)36-47(43,46-20-12-6-5-7-13-20)15-22(39)37(4)14-21-24(40)25(41)28(45-21)38-16-32-23-26(33-19-10-8-9-11-19)34-30(31)35-27(23)38;1-3(2)4(5)6/h7-9,14-15,18-22,24,27-28,31,44H,10-13,16-17H2,1-6H3,(H,40,47)(H,37,38,39);5-7,12-13,16-19,21,24-25,28,40-41H,8-11,14-15H2,1-4H3,(H,36,43)(H,33,34,35);3H,1-2H3/t21-,24+,27+,28+,31+,52?;18-,21+,24+,25+,28+,47?;/m00./s1. The van der Waals surface area contributed by atoms with Gasteiger partial charge in [0, 0.05) is 38.6 Å². The molecular formula is C68H95Cl3N14O18P2. The fourth-order valence-corrected chi connectivity index (χ4v) is 16.0. The molecular weight excluding hydrogens is 1470 g/mol. The number of fused-ring (bicyclic) bond motifs is 2. The lowest BCUT2D eigenvalue weighted by atomic mass is 10.1. The van der Waals surface area contributed by atoms with Gasteiger partial charge < -0.3 is 68.5 Å².